The number of benzene rings is 1. The summed E-state index contributed by atoms with van der Waals surface area (Å²) in [6, 6.07) is 7.53. The molecule has 1 aliphatic heterocycles. The van der Waals surface area contributed by atoms with Crippen LogP contribution in [-0.2, 0) is 11.3 Å². The van der Waals surface area contributed by atoms with Gasteiger partial charge in [-0.05, 0) is 19.5 Å². The fourth-order valence-corrected chi connectivity index (χ4v) is 2.44. The average molecular weight is 280 g/mol. The first-order valence-electron chi connectivity index (χ1n) is 6.93. The van der Waals surface area contributed by atoms with Crippen molar-refractivity contribution in [2.75, 3.05) is 26.7 Å². The van der Waals surface area contributed by atoms with Gasteiger partial charge in [0.15, 0.2) is 0 Å². The van der Waals surface area contributed by atoms with Crippen LogP contribution in [0.4, 0.5) is 4.39 Å². The van der Waals surface area contributed by atoms with Crippen LogP contribution in [0.25, 0.3) is 0 Å². The van der Waals surface area contributed by atoms with Gasteiger partial charge in [-0.3, -0.25) is 4.79 Å². The van der Waals surface area contributed by atoms with E-state index < -0.39 is 11.6 Å². The number of rotatable bonds is 5. The number of carbonyl (C=O) groups excluding carboxylic acids is 1. The summed E-state index contributed by atoms with van der Waals surface area (Å²) in [6.07, 6.45) is 0.239. The Morgan fingerprint density at radius 1 is 1.50 bits per heavy atom. The number of alkyl halides is 1. The minimum absolute atomic E-state index is 0.100. The molecule has 1 amide bonds. The van der Waals surface area contributed by atoms with Gasteiger partial charge >= 0.3 is 0 Å². The van der Waals surface area contributed by atoms with Gasteiger partial charge in [-0.25, -0.2) is 4.39 Å². The number of halogens is 1. The monoisotopic (exact) mass is 280 g/mol. The molecule has 1 heterocycles. The van der Waals surface area contributed by atoms with E-state index in [0.29, 0.717) is 19.7 Å². The Balaban J connectivity index is 2.07. The van der Waals surface area contributed by atoms with E-state index in [9.17, 15) is 9.18 Å². The van der Waals surface area contributed by atoms with E-state index >= 15 is 0 Å². The maximum atomic E-state index is 14.4. The summed E-state index contributed by atoms with van der Waals surface area (Å²) in [6.45, 7) is 3.47. The summed E-state index contributed by atoms with van der Waals surface area (Å²) in [7, 11) is 1.63. The van der Waals surface area contributed by atoms with E-state index in [1.807, 2.05) is 31.2 Å². The number of carbonyl (C=O) groups is 1. The highest BCUT2D eigenvalue weighted by atomic mass is 19.1. The van der Waals surface area contributed by atoms with Crippen molar-refractivity contribution in [2.24, 2.45) is 0 Å². The first-order valence-corrected chi connectivity index (χ1v) is 6.93. The van der Waals surface area contributed by atoms with Gasteiger partial charge in [0.2, 0.25) is 5.67 Å². The molecule has 5 heteroatoms. The molecule has 1 fully saturated rings. The summed E-state index contributed by atoms with van der Waals surface area (Å²) >= 11 is 0. The maximum Gasteiger partial charge on any atom is 0.261 e. The zero-order valence-electron chi connectivity index (χ0n) is 12.0. The third-order valence-electron chi connectivity index (χ3n) is 3.51. The van der Waals surface area contributed by atoms with Crippen LogP contribution in [0.3, 0.4) is 0 Å². The molecule has 1 N–H and O–H groups in total. The zero-order valence-corrected chi connectivity index (χ0v) is 12.0. The van der Waals surface area contributed by atoms with Gasteiger partial charge < -0.3 is 15.0 Å². The highest BCUT2D eigenvalue weighted by molar-refractivity contribution is 5.85. The van der Waals surface area contributed by atoms with Crippen LogP contribution < -0.4 is 10.1 Å². The van der Waals surface area contributed by atoms with Gasteiger partial charge in [-0.1, -0.05) is 18.2 Å². The molecule has 4 nitrogen and oxygen atoms in total. The third-order valence-corrected chi connectivity index (χ3v) is 3.51. The van der Waals surface area contributed by atoms with E-state index in [-0.39, 0.29) is 13.0 Å². The Morgan fingerprint density at radius 3 is 2.90 bits per heavy atom. The number of nitrogens with zero attached hydrogens (tertiary/aromatic N) is 1. The normalized spacial score (nSPS) is 21.8. The highest BCUT2D eigenvalue weighted by Gasteiger charge is 2.43. The molecule has 0 saturated carbocycles. The fraction of sp³-hybridized carbons (Fsp3) is 0.533. The molecular formula is C15H21FN2O2. The minimum atomic E-state index is -1.77. The molecule has 1 aromatic carbocycles. The molecule has 0 spiro atoms. The average Bonchev–Trinajstić information content (AvgIpc) is 2.88. The maximum absolute atomic E-state index is 14.4. The van der Waals surface area contributed by atoms with Crippen LogP contribution in [-0.4, -0.2) is 43.2 Å². The van der Waals surface area contributed by atoms with Gasteiger partial charge in [-0.2, -0.15) is 0 Å². The topological polar surface area (TPSA) is 41.6 Å². The summed E-state index contributed by atoms with van der Waals surface area (Å²) in [5, 5.41) is 2.90. The second-order valence-corrected chi connectivity index (χ2v) is 5.09. The van der Waals surface area contributed by atoms with E-state index in [0.717, 1.165) is 11.3 Å². The van der Waals surface area contributed by atoms with Crippen molar-refractivity contribution in [1.82, 2.24) is 10.2 Å². The Bertz CT molecular complexity index is 473. The van der Waals surface area contributed by atoms with Crippen LogP contribution in [0.5, 0.6) is 5.75 Å². The van der Waals surface area contributed by atoms with E-state index in [2.05, 4.69) is 5.32 Å². The van der Waals surface area contributed by atoms with E-state index in [1.54, 1.807) is 7.05 Å². The summed E-state index contributed by atoms with van der Waals surface area (Å²) in [5.41, 5.74) is -0.880. The van der Waals surface area contributed by atoms with Crippen LogP contribution in [0, 0.1) is 0 Å². The quantitative estimate of drug-likeness (QED) is 0.893. The Morgan fingerprint density at radius 2 is 2.25 bits per heavy atom. The largest absolute Gasteiger partial charge is 0.494 e. The van der Waals surface area contributed by atoms with Gasteiger partial charge in [0.25, 0.3) is 5.91 Å². The Labute approximate surface area is 118 Å². The Kier molecular flexibility index (Phi) is 4.60. The summed E-state index contributed by atoms with van der Waals surface area (Å²) in [5.74, 6) is 0.279. The standard InChI is InChI=1S/C15H21FN2O2/c1-3-20-13-7-5-4-6-12(13)10-18(2)14(19)15(16)8-9-17-11-15/h4-7,17H,3,8-11H2,1-2H3/t15-/m0/s1. The van der Waals surface area contributed by atoms with E-state index in [1.165, 1.54) is 4.90 Å². The van der Waals surface area contributed by atoms with Crippen LogP contribution in [0.2, 0.25) is 0 Å². The van der Waals surface area contributed by atoms with Crippen LogP contribution >= 0.6 is 0 Å². The second kappa shape index (κ2) is 6.22. The van der Waals surface area contributed by atoms with E-state index in [4.69, 9.17) is 4.74 Å². The third kappa shape index (κ3) is 3.10. The number of hydrogen-bond donors (Lipinski definition) is 1. The van der Waals surface area contributed by atoms with Crippen LogP contribution in [0.1, 0.15) is 18.9 Å². The lowest BCUT2D eigenvalue weighted by molar-refractivity contribution is -0.142. The summed E-state index contributed by atoms with van der Waals surface area (Å²) in [4.78, 5) is 13.6. The second-order valence-electron chi connectivity index (χ2n) is 5.09. The lowest BCUT2D eigenvalue weighted by Gasteiger charge is -2.26. The lowest BCUT2D eigenvalue weighted by atomic mass is 10.0. The SMILES string of the molecule is CCOc1ccccc1CN(C)C(=O)[C@]1(F)CCNC1. The molecule has 0 radical (unpaired) electrons. The smallest absolute Gasteiger partial charge is 0.261 e. The van der Waals surface area contributed by atoms with Gasteiger partial charge in [0.05, 0.1) is 6.61 Å². The molecule has 1 saturated heterocycles. The number of para-hydroxylation sites is 1. The number of amides is 1. The van der Waals surface area contributed by atoms with Crippen molar-refractivity contribution in [3.8, 4) is 5.75 Å². The van der Waals surface area contributed by atoms with Gasteiger partial charge in [0, 0.05) is 32.1 Å². The van der Waals surface area contributed by atoms with Crippen LogP contribution in [0.15, 0.2) is 24.3 Å². The molecule has 110 valence electrons. The molecular weight excluding hydrogens is 259 g/mol. The first-order chi connectivity index (χ1) is 9.57. The van der Waals surface area contributed by atoms with Crippen molar-refractivity contribution in [3.63, 3.8) is 0 Å². The molecule has 1 aliphatic rings. The molecule has 1 atom stereocenters. The molecule has 20 heavy (non-hydrogen) atoms. The molecule has 0 bridgehead atoms. The van der Waals surface area contributed by atoms with Gasteiger partial charge in [0.1, 0.15) is 5.75 Å². The molecule has 1 aromatic rings. The van der Waals surface area contributed by atoms with Crippen molar-refractivity contribution >= 4 is 5.91 Å². The van der Waals surface area contributed by atoms with Crippen molar-refractivity contribution in [3.05, 3.63) is 29.8 Å². The molecule has 0 unspecified atom stereocenters. The molecule has 0 aromatic heterocycles. The highest BCUT2D eigenvalue weighted by Crippen LogP contribution is 2.25. The number of ether oxygens (including phenoxy) is 1. The zero-order chi connectivity index (χ0) is 14.6. The molecule has 2 rings (SSSR count). The minimum Gasteiger partial charge on any atom is -0.494 e. The predicted octanol–water partition coefficient (Wildman–Crippen LogP) is 1.75. The molecule has 0 aliphatic carbocycles. The fourth-order valence-electron chi connectivity index (χ4n) is 2.44. The lowest BCUT2D eigenvalue weighted by Crippen LogP contribution is -2.45. The summed E-state index contributed by atoms with van der Waals surface area (Å²) < 4.78 is 19.9. The van der Waals surface area contributed by atoms with Gasteiger partial charge in [-0.15, -0.1) is 0 Å². The predicted molar refractivity (Wildman–Crippen MR) is 75.4 cm³/mol. The first kappa shape index (κ1) is 14.8. The number of hydrogen-bond acceptors (Lipinski definition) is 3. The van der Waals surface area contributed by atoms with Crippen molar-refractivity contribution < 1.29 is 13.9 Å². The van der Waals surface area contributed by atoms with Crippen molar-refractivity contribution in [2.45, 2.75) is 25.6 Å². The Hall–Kier alpha value is -1.62. The van der Waals surface area contributed by atoms with Crippen molar-refractivity contribution in [1.29, 1.82) is 0 Å². The number of nitrogens with one attached hydrogen (secondary N) is 1.